The molecule has 2 unspecified atom stereocenters. The van der Waals surface area contributed by atoms with Crippen molar-refractivity contribution >= 4 is 29.4 Å². The number of thioether (sulfide) groups is 1. The van der Waals surface area contributed by atoms with Crippen LogP contribution in [0, 0.1) is 39.9 Å². The highest BCUT2D eigenvalue weighted by atomic mass is 32.2. The van der Waals surface area contributed by atoms with Gasteiger partial charge in [0.05, 0.1) is 24.0 Å². The lowest BCUT2D eigenvalue weighted by Crippen LogP contribution is -2.63. The molecule has 12 atom stereocenters. The highest BCUT2D eigenvalue weighted by molar-refractivity contribution is 8.00. The van der Waals surface area contributed by atoms with E-state index in [0.29, 0.717) is 32.1 Å². The summed E-state index contributed by atoms with van der Waals surface area (Å²) in [6, 6.07) is -0.721. The quantitative estimate of drug-likeness (QED) is 0.240. The van der Waals surface area contributed by atoms with Crippen LogP contribution >= 0.6 is 11.8 Å². The second-order valence-electron chi connectivity index (χ2n) is 14.8. The summed E-state index contributed by atoms with van der Waals surface area (Å²) in [6.07, 6.45) is 5.21. The van der Waals surface area contributed by atoms with Crippen LogP contribution in [0.2, 0.25) is 0 Å². The van der Waals surface area contributed by atoms with Gasteiger partial charge in [0.25, 0.3) is 0 Å². The number of nitrogens with two attached hydrogens (primary N) is 1. The van der Waals surface area contributed by atoms with Crippen LogP contribution in [0.15, 0.2) is 12.7 Å². The number of hydrogen-bond acceptors (Lipinski definition) is 8. The largest absolute Gasteiger partial charge is 0.461 e. The average molecular weight is 607 g/mol. The first-order valence-corrected chi connectivity index (χ1v) is 17.0. The van der Waals surface area contributed by atoms with Gasteiger partial charge < -0.3 is 26.0 Å². The molecule has 8 nitrogen and oxygen atoms in total. The fourth-order valence-corrected chi connectivity index (χ4v) is 9.97. The topological polar surface area (TPSA) is 139 Å². The Morgan fingerprint density at radius 2 is 1.88 bits per heavy atom. The van der Waals surface area contributed by atoms with Crippen molar-refractivity contribution in [3.05, 3.63) is 12.7 Å². The van der Waals surface area contributed by atoms with Gasteiger partial charge in [-0.15, -0.1) is 18.3 Å². The fraction of sp³-hybridized carbons (Fsp3) is 0.848. The number of ketones is 1. The van der Waals surface area contributed by atoms with Gasteiger partial charge in [-0.25, -0.2) is 0 Å². The van der Waals surface area contributed by atoms with E-state index < -0.39 is 35.2 Å². The molecule has 0 spiro atoms. The van der Waals surface area contributed by atoms with E-state index in [4.69, 9.17) is 10.5 Å². The number of esters is 1. The number of aliphatic hydroxyl groups is 2. The molecule has 0 aromatic carbocycles. The molecule has 0 aromatic heterocycles. The smallest absolute Gasteiger partial charge is 0.316 e. The standard InChI is InChI=1S/C33H54N2O6S/c1-8-31(6)16-25(32(7)19(4)11-13-33(20(5)29(31)39)14-12-22(36)28(32)33)41-26(38)17-42-24-10-9-21(15-23(24)37)35-30(40)27(34)18(2)3/h8,18-21,23-25,27-29,37,39H,1,9-17,34H2,2-7H3,(H,35,40)/t19?,20-,21+,23+,24+,25+,27-,28-,29-,31+,32-,33?/m0/s1. The minimum atomic E-state index is -0.696. The summed E-state index contributed by atoms with van der Waals surface area (Å²) in [5, 5.41) is 25.4. The highest BCUT2D eigenvalue weighted by Gasteiger charge is 2.68. The maximum atomic E-state index is 13.6. The third kappa shape index (κ3) is 5.84. The molecule has 4 aliphatic rings. The van der Waals surface area contributed by atoms with Gasteiger partial charge in [0.15, 0.2) is 0 Å². The maximum Gasteiger partial charge on any atom is 0.316 e. The van der Waals surface area contributed by atoms with Crippen LogP contribution < -0.4 is 11.1 Å². The van der Waals surface area contributed by atoms with Crippen molar-refractivity contribution in [3.63, 3.8) is 0 Å². The maximum absolute atomic E-state index is 13.6. The second kappa shape index (κ2) is 12.5. The molecule has 4 rings (SSSR count). The molecule has 1 amide bonds. The summed E-state index contributed by atoms with van der Waals surface area (Å²) in [6.45, 7) is 16.3. The lowest BCUT2D eigenvalue weighted by molar-refractivity contribution is -0.205. The monoisotopic (exact) mass is 606 g/mol. The van der Waals surface area contributed by atoms with Crippen molar-refractivity contribution < 1.29 is 29.3 Å². The Morgan fingerprint density at radius 3 is 2.50 bits per heavy atom. The fourth-order valence-electron chi connectivity index (χ4n) is 8.91. The van der Waals surface area contributed by atoms with E-state index in [2.05, 4.69) is 32.7 Å². The Balaban J connectivity index is 1.46. The minimum absolute atomic E-state index is 0.0312. The summed E-state index contributed by atoms with van der Waals surface area (Å²) < 4.78 is 6.35. The Labute approximate surface area is 256 Å². The first-order chi connectivity index (χ1) is 19.6. The summed E-state index contributed by atoms with van der Waals surface area (Å²) in [5.74, 6) is -0.349. The minimum Gasteiger partial charge on any atom is -0.461 e. The number of ether oxygens (including phenoxy) is 1. The van der Waals surface area contributed by atoms with Gasteiger partial charge in [-0.1, -0.05) is 47.6 Å². The van der Waals surface area contributed by atoms with Crippen LogP contribution in [0.5, 0.6) is 0 Å². The molecular formula is C33H54N2O6S. The molecule has 0 aliphatic heterocycles. The first-order valence-electron chi connectivity index (χ1n) is 16.0. The predicted octanol–water partition coefficient (Wildman–Crippen LogP) is 4.01. The summed E-state index contributed by atoms with van der Waals surface area (Å²) in [7, 11) is 0. The number of hydrogen-bond donors (Lipinski definition) is 4. The van der Waals surface area contributed by atoms with Crippen LogP contribution in [0.25, 0.3) is 0 Å². The van der Waals surface area contributed by atoms with Crippen LogP contribution in [0.3, 0.4) is 0 Å². The van der Waals surface area contributed by atoms with Crippen LogP contribution in [-0.2, 0) is 19.1 Å². The van der Waals surface area contributed by atoms with Crippen LogP contribution in [0.1, 0.15) is 92.9 Å². The molecule has 0 radical (unpaired) electrons. The molecule has 0 heterocycles. The number of Topliss-reactive ketones (excluding diaryl/α,β-unsaturated/α-hetero) is 1. The van der Waals surface area contributed by atoms with Gasteiger partial charge in [0, 0.05) is 34.5 Å². The van der Waals surface area contributed by atoms with Crippen LogP contribution in [-0.4, -0.2) is 69.3 Å². The molecule has 42 heavy (non-hydrogen) atoms. The summed E-state index contributed by atoms with van der Waals surface area (Å²) in [4.78, 5) is 39.4. The second-order valence-corrected chi connectivity index (χ2v) is 16.0. The first kappa shape index (κ1) is 33.5. The average Bonchev–Trinajstić information content (AvgIpc) is 3.30. The Hall–Kier alpha value is -1.42. The number of carbonyl (C=O) groups excluding carboxylic acids is 3. The van der Waals surface area contributed by atoms with Gasteiger partial charge in [0.1, 0.15) is 11.9 Å². The van der Waals surface area contributed by atoms with E-state index in [1.54, 1.807) is 0 Å². The van der Waals surface area contributed by atoms with Crippen molar-refractivity contribution in [1.82, 2.24) is 5.32 Å². The SMILES string of the molecule is C=C[C@]1(C)C[C@@H](OC(=O)CS[C@@H]2CC[C@@H](NC(=O)[C@@H](N)C(C)C)C[C@H]2O)[C@]2(C)C(C)CCC3(CCC(=O)[C@H]32)[C@@H](C)[C@@H]1O. The molecule has 4 saturated carbocycles. The zero-order valence-electron chi connectivity index (χ0n) is 26.4. The number of amides is 1. The molecule has 9 heteroatoms. The third-order valence-electron chi connectivity index (χ3n) is 12.1. The summed E-state index contributed by atoms with van der Waals surface area (Å²) in [5.41, 5.74) is 4.45. The molecule has 4 fully saturated rings. The zero-order valence-corrected chi connectivity index (χ0v) is 27.3. The normalized spacial score (nSPS) is 44.5. The van der Waals surface area contributed by atoms with Crippen molar-refractivity contribution in [2.24, 2.45) is 45.7 Å². The van der Waals surface area contributed by atoms with Crippen molar-refractivity contribution in [2.75, 3.05) is 5.75 Å². The van der Waals surface area contributed by atoms with E-state index in [9.17, 15) is 24.6 Å². The lowest BCUT2D eigenvalue weighted by Gasteiger charge is -2.61. The summed E-state index contributed by atoms with van der Waals surface area (Å²) >= 11 is 1.39. The van der Waals surface area contributed by atoms with Crippen molar-refractivity contribution in [2.45, 2.75) is 129 Å². The van der Waals surface area contributed by atoms with Crippen LogP contribution in [0.4, 0.5) is 0 Å². The third-order valence-corrected chi connectivity index (χ3v) is 13.5. The van der Waals surface area contributed by atoms with E-state index in [1.807, 2.05) is 26.8 Å². The molecule has 2 bridgehead atoms. The van der Waals surface area contributed by atoms with E-state index >= 15 is 0 Å². The number of rotatable bonds is 8. The Kier molecular flexibility index (Phi) is 9.98. The highest BCUT2D eigenvalue weighted by Crippen LogP contribution is 2.68. The van der Waals surface area contributed by atoms with E-state index in [1.165, 1.54) is 11.8 Å². The van der Waals surface area contributed by atoms with Gasteiger partial charge in [-0.3, -0.25) is 14.4 Å². The van der Waals surface area contributed by atoms with Crippen molar-refractivity contribution in [3.8, 4) is 0 Å². The van der Waals surface area contributed by atoms with Crippen molar-refractivity contribution in [1.29, 1.82) is 0 Å². The lowest BCUT2D eigenvalue weighted by atomic mass is 9.44. The van der Waals surface area contributed by atoms with E-state index in [0.717, 1.165) is 19.3 Å². The molecule has 4 aliphatic carbocycles. The van der Waals surface area contributed by atoms with E-state index in [-0.39, 0.29) is 63.8 Å². The molecule has 0 aromatic rings. The van der Waals surface area contributed by atoms with Gasteiger partial charge in [-0.2, -0.15) is 0 Å². The molecule has 0 saturated heterocycles. The predicted molar refractivity (Wildman–Crippen MR) is 165 cm³/mol. The Bertz CT molecular complexity index is 1050. The van der Waals surface area contributed by atoms with Gasteiger partial charge in [-0.05, 0) is 68.1 Å². The number of nitrogens with one attached hydrogen (secondary N) is 1. The molecule has 5 N–H and O–H groups in total. The number of carbonyl (C=O) groups is 3. The van der Waals surface area contributed by atoms with Gasteiger partial charge in [0.2, 0.25) is 5.91 Å². The molecular weight excluding hydrogens is 552 g/mol. The zero-order chi connectivity index (χ0) is 31.2. The van der Waals surface area contributed by atoms with Gasteiger partial charge >= 0.3 is 5.97 Å². The molecule has 238 valence electrons. The number of aliphatic hydroxyl groups excluding tert-OH is 2. The Morgan fingerprint density at radius 1 is 1.19 bits per heavy atom.